The molecule has 1 aromatic rings. The molecule has 2 rings (SSSR count). The van der Waals surface area contributed by atoms with Gasteiger partial charge in [-0.3, -0.25) is 4.98 Å². The molecule has 0 bridgehead atoms. The molecule has 0 saturated carbocycles. The van der Waals surface area contributed by atoms with E-state index in [1.54, 1.807) is 18.5 Å². The minimum Gasteiger partial charge on any atom is -0.365 e. The molecule has 3 nitrogen and oxygen atoms in total. The van der Waals surface area contributed by atoms with Gasteiger partial charge in [0.15, 0.2) is 0 Å². The van der Waals surface area contributed by atoms with E-state index in [1.165, 1.54) is 0 Å². The van der Waals surface area contributed by atoms with E-state index in [2.05, 4.69) is 28.1 Å². The van der Waals surface area contributed by atoms with Crippen molar-refractivity contribution in [1.82, 2.24) is 4.98 Å². The van der Waals surface area contributed by atoms with Gasteiger partial charge in [-0.25, -0.2) is 0 Å². The summed E-state index contributed by atoms with van der Waals surface area (Å²) in [6, 6.07) is 3.94. The van der Waals surface area contributed by atoms with Crippen molar-refractivity contribution in [2.75, 3.05) is 18.0 Å². The van der Waals surface area contributed by atoms with Gasteiger partial charge in [-0.05, 0) is 12.5 Å². The van der Waals surface area contributed by atoms with Crippen LogP contribution in [-0.4, -0.2) is 18.1 Å². The fraction of sp³-hybridized carbons (Fsp3) is 0.273. The van der Waals surface area contributed by atoms with E-state index in [1.807, 2.05) is 0 Å². The predicted octanol–water partition coefficient (Wildman–Crippen LogP) is 1.72. The monoisotopic (exact) mass is 185 g/mol. The quantitative estimate of drug-likeness (QED) is 0.625. The van der Waals surface area contributed by atoms with E-state index in [-0.39, 0.29) is 0 Å². The van der Waals surface area contributed by atoms with Gasteiger partial charge >= 0.3 is 0 Å². The maximum atomic E-state index is 8.93. The smallest absolute Gasteiger partial charge is 0.101 e. The van der Waals surface area contributed by atoms with Gasteiger partial charge in [0.05, 0.1) is 17.4 Å². The Morgan fingerprint density at radius 2 is 2.36 bits per heavy atom. The summed E-state index contributed by atoms with van der Waals surface area (Å²) >= 11 is 0. The van der Waals surface area contributed by atoms with Crippen molar-refractivity contribution >= 4 is 5.69 Å². The third-order valence-electron chi connectivity index (χ3n) is 2.32. The highest BCUT2D eigenvalue weighted by Crippen LogP contribution is 2.19. The van der Waals surface area contributed by atoms with Gasteiger partial charge in [0, 0.05) is 19.3 Å². The molecule has 0 aliphatic carbocycles. The Hall–Kier alpha value is -1.82. The maximum Gasteiger partial charge on any atom is 0.101 e. The van der Waals surface area contributed by atoms with Crippen molar-refractivity contribution in [3.8, 4) is 6.07 Å². The molecule has 0 spiro atoms. The molecule has 1 aliphatic heterocycles. The lowest BCUT2D eigenvalue weighted by Crippen LogP contribution is -2.27. The van der Waals surface area contributed by atoms with Crippen LogP contribution in [0.15, 0.2) is 30.6 Å². The van der Waals surface area contributed by atoms with Crippen molar-refractivity contribution < 1.29 is 0 Å². The lowest BCUT2D eigenvalue weighted by atomic mass is 10.2. The minimum atomic E-state index is 0.704. The van der Waals surface area contributed by atoms with E-state index >= 15 is 0 Å². The molecule has 0 atom stereocenters. The SMILES string of the molecule is N#Cc1ccncc1N1CC=CCC1. The lowest BCUT2D eigenvalue weighted by Gasteiger charge is -2.25. The number of anilines is 1. The average Bonchev–Trinajstić information content (AvgIpc) is 2.30. The Labute approximate surface area is 83.3 Å². The van der Waals surface area contributed by atoms with Crippen molar-refractivity contribution in [1.29, 1.82) is 5.26 Å². The van der Waals surface area contributed by atoms with Gasteiger partial charge in [0.2, 0.25) is 0 Å². The fourth-order valence-corrected chi connectivity index (χ4v) is 1.59. The molecule has 0 saturated heterocycles. The first-order chi connectivity index (χ1) is 6.92. The molecule has 14 heavy (non-hydrogen) atoms. The molecule has 0 amide bonds. The fourth-order valence-electron chi connectivity index (χ4n) is 1.59. The Morgan fingerprint density at radius 1 is 1.43 bits per heavy atom. The Balaban J connectivity index is 2.31. The number of rotatable bonds is 1. The first-order valence-corrected chi connectivity index (χ1v) is 4.66. The molecule has 70 valence electrons. The van der Waals surface area contributed by atoms with Crippen LogP contribution in [0.5, 0.6) is 0 Å². The number of nitrogens with zero attached hydrogens (tertiary/aromatic N) is 3. The number of nitriles is 1. The number of hydrogen-bond donors (Lipinski definition) is 0. The number of pyridine rings is 1. The zero-order valence-corrected chi connectivity index (χ0v) is 7.85. The molecular weight excluding hydrogens is 174 g/mol. The van der Waals surface area contributed by atoms with Crippen molar-refractivity contribution in [3.63, 3.8) is 0 Å². The first-order valence-electron chi connectivity index (χ1n) is 4.66. The molecule has 0 N–H and O–H groups in total. The number of aromatic nitrogens is 1. The summed E-state index contributed by atoms with van der Waals surface area (Å²) in [4.78, 5) is 6.22. The van der Waals surface area contributed by atoms with Gasteiger partial charge < -0.3 is 4.90 Å². The van der Waals surface area contributed by atoms with E-state index in [4.69, 9.17) is 5.26 Å². The third-order valence-corrected chi connectivity index (χ3v) is 2.32. The summed E-state index contributed by atoms with van der Waals surface area (Å²) in [5.74, 6) is 0. The van der Waals surface area contributed by atoms with Crippen LogP contribution in [0.3, 0.4) is 0 Å². The van der Waals surface area contributed by atoms with E-state index in [0.717, 1.165) is 25.2 Å². The molecule has 0 aromatic carbocycles. The van der Waals surface area contributed by atoms with Crippen LogP contribution in [0.1, 0.15) is 12.0 Å². The summed E-state index contributed by atoms with van der Waals surface area (Å²) in [6.45, 7) is 1.84. The highest BCUT2D eigenvalue weighted by Gasteiger charge is 2.11. The molecule has 1 aromatic heterocycles. The Kier molecular flexibility index (Phi) is 2.46. The molecule has 0 radical (unpaired) electrons. The molecular formula is C11H11N3. The van der Waals surface area contributed by atoms with Gasteiger partial charge in [-0.1, -0.05) is 12.2 Å². The van der Waals surface area contributed by atoms with Crippen molar-refractivity contribution in [2.45, 2.75) is 6.42 Å². The highest BCUT2D eigenvalue weighted by molar-refractivity contribution is 5.58. The van der Waals surface area contributed by atoms with E-state index in [0.29, 0.717) is 5.56 Å². The van der Waals surface area contributed by atoms with Gasteiger partial charge in [0.1, 0.15) is 6.07 Å². The summed E-state index contributed by atoms with van der Waals surface area (Å²) < 4.78 is 0. The molecule has 0 unspecified atom stereocenters. The summed E-state index contributed by atoms with van der Waals surface area (Å²) in [5.41, 5.74) is 1.65. The molecule has 1 aliphatic rings. The van der Waals surface area contributed by atoms with E-state index < -0.39 is 0 Å². The van der Waals surface area contributed by atoms with Crippen molar-refractivity contribution in [3.05, 3.63) is 36.2 Å². The summed E-state index contributed by atoms with van der Waals surface area (Å²) in [7, 11) is 0. The van der Waals surface area contributed by atoms with Crippen LogP contribution in [0.2, 0.25) is 0 Å². The van der Waals surface area contributed by atoms with Crippen LogP contribution in [0.25, 0.3) is 0 Å². The Bertz CT molecular complexity index is 390. The zero-order valence-electron chi connectivity index (χ0n) is 7.85. The molecule has 0 fully saturated rings. The largest absolute Gasteiger partial charge is 0.365 e. The normalized spacial score (nSPS) is 15.2. The van der Waals surface area contributed by atoms with Gasteiger partial charge in [-0.2, -0.15) is 5.26 Å². The second-order valence-corrected chi connectivity index (χ2v) is 3.21. The summed E-state index contributed by atoms with van der Waals surface area (Å²) in [6.07, 6.45) is 8.75. The predicted molar refractivity (Wildman–Crippen MR) is 54.9 cm³/mol. The zero-order chi connectivity index (χ0) is 9.80. The molecule has 3 heteroatoms. The topological polar surface area (TPSA) is 39.9 Å². The van der Waals surface area contributed by atoms with Crippen LogP contribution >= 0.6 is 0 Å². The van der Waals surface area contributed by atoms with Gasteiger partial charge in [0.25, 0.3) is 0 Å². The second kappa shape index (κ2) is 3.93. The van der Waals surface area contributed by atoms with Crippen LogP contribution in [0.4, 0.5) is 5.69 Å². The van der Waals surface area contributed by atoms with E-state index in [9.17, 15) is 0 Å². The maximum absolute atomic E-state index is 8.93. The average molecular weight is 185 g/mol. The number of hydrogen-bond acceptors (Lipinski definition) is 3. The third kappa shape index (κ3) is 1.60. The Morgan fingerprint density at radius 3 is 3.07 bits per heavy atom. The molecule has 2 heterocycles. The lowest BCUT2D eigenvalue weighted by molar-refractivity contribution is 0.817. The first kappa shape index (κ1) is 8.76. The van der Waals surface area contributed by atoms with Gasteiger partial charge in [-0.15, -0.1) is 0 Å². The second-order valence-electron chi connectivity index (χ2n) is 3.21. The standard InChI is InChI=1S/C11H11N3/c12-8-10-4-5-13-9-11(10)14-6-2-1-3-7-14/h1-2,4-5,9H,3,6-7H2. The van der Waals surface area contributed by atoms with Crippen LogP contribution in [0, 0.1) is 11.3 Å². The highest BCUT2D eigenvalue weighted by atomic mass is 15.1. The minimum absolute atomic E-state index is 0.704. The van der Waals surface area contributed by atoms with Crippen LogP contribution in [-0.2, 0) is 0 Å². The summed E-state index contributed by atoms with van der Waals surface area (Å²) in [5, 5.41) is 8.93. The van der Waals surface area contributed by atoms with Crippen LogP contribution < -0.4 is 4.90 Å². The van der Waals surface area contributed by atoms with Crippen molar-refractivity contribution in [2.24, 2.45) is 0 Å².